The van der Waals surface area contributed by atoms with Crippen LogP contribution in [0, 0.1) is 6.92 Å². The van der Waals surface area contributed by atoms with E-state index in [1.54, 1.807) is 19.1 Å². The highest BCUT2D eigenvalue weighted by Gasteiger charge is 2.14. The number of rotatable bonds is 4. The molecule has 0 aliphatic rings. The molecule has 1 amide bonds. The first-order valence-corrected chi connectivity index (χ1v) is 6.33. The molecule has 0 saturated carbocycles. The van der Waals surface area contributed by atoms with Crippen molar-refractivity contribution >= 4 is 23.6 Å². The topological polar surface area (TPSA) is 68.5 Å². The van der Waals surface area contributed by atoms with Crippen molar-refractivity contribution in [3.05, 3.63) is 59.6 Å². The maximum atomic E-state index is 11.7. The Morgan fingerprint density at radius 2 is 1.95 bits per heavy atom. The number of amides is 1. The van der Waals surface area contributed by atoms with Gasteiger partial charge >= 0.3 is 5.97 Å². The minimum atomic E-state index is -0.468. The van der Waals surface area contributed by atoms with Gasteiger partial charge in [0.15, 0.2) is 0 Å². The van der Waals surface area contributed by atoms with E-state index in [2.05, 4.69) is 10.1 Å². The summed E-state index contributed by atoms with van der Waals surface area (Å²) in [5.41, 5.74) is 1.05. The molecule has 1 aromatic heterocycles. The summed E-state index contributed by atoms with van der Waals surface area (Å²) in [4.78, 5) is 23.2. The Kier molecular flexibility index (Phi) is 4.56. The van der Waals surface area contributed by atoms with E-state index in [0.717, 1.165) is 0 Å². The highest BCUT2D eigenvalue weighted by molar-refractivity contribution is 6.01. The number of para-hydroxylation sites is 1. The Balaban J connectivity index is 2.04. The number of aryl methyl sites for hydroxylation is 1. The fourth-order valence-electron chi connectivity index (χ4n) is 1.76. The number of anilines is 1. The summed E-state index contributed by atoms with van der Waals surface area (Å²) in [5, 5.41) is 2.71. The zero-order valence-corrected chi connectivity index (χ0v) is 11.8. The van der Waals surface area contributed by atoms with Crippen LogP contribution in [0.1, 0.15) is 21.9 Å². The first-order chi connectivity index (χ1) is 10.1. The number of benzene rings is 1. The summed E-state index contributed by atoms with van der Waals surface area (Å²) in [6.45, 7) is 1.66. The van der Waals surface area contributed by atoms with E-state index in [4.69, 9.17) is 4.42 Å². The number of nitrogens with one attached hydrogen (secondary N) is 1. The molecular weight excluding hydrogens is 270 g/mol. The predicted molar refractivity (Wildman–Crippen MR) is 78.9 cm³/mol. The molecule has 5 nitrogen and oxygen atoms in total. The summed E-state index contributed by atoms with van der Waals surface area (Å²) >= 11 is 0. The van der Waals surface area contributed by atoms with Crippen LogP contribution in [0.4, 0.5) is 5.69 Å². The highest BCUT2D eigenvalue weighted by atomic mass is 16.5. The Hall–Kier alpha value is -2.82. The van der Waals surface area contributed by atoms with Crippen molar-refractivity contribution < 1.29 is 18.7 Å². The molecule has 0 aliphatic carbocycles. The molecule has 1 aromatic carbocycles. The second kappa shape index (κ2) is 6.56. The van der Waals surface area contributed by atoms with Gasteiger partial charge in [-0.1, -0.05) is 18.2 Å². The fraction of sp³-hybridized carbons (Fsp3) is 0.125. The van der Waals surface area contributed by atoms with E-state index in [9.17, 15) is 9.59 Å². The lowest BCUT2D eigenvalue weighted by Crippen LogP contribution is -2.07. The molecule has 21 heavy (non-hydrogen) atoms. The smallest absolute Gasteiger partial charge is 0.341 e. The number of ether oxygens (including phenoxy) is 1. The minimum absolute atomic E-state index is 0.283. The van der Waals surface area contributed by atoms with Gasteiger partial charge in [-0.2, -0.15) is 0 Å². The Labute approximate surface area is 122 Å². The second-order valence-corrected chi connectivity index (χ2v) is 4.30. The van der Waals surface area contributed by atoms with Gasteiger partial charge in [-0.25, -0.2) is 4.79 Å². The largest absolute Gasteiger partial charge is 0.465 e. The molecule has 0 fully saturated rings. The molecular formula is C16H15NO4. The van der Waals surface area contributed by atoms with Gasteiger partial charge in [0.25, 0.3) is 0 Å². The van der Waals surface area contributed by atoms with Crippen LogP contribution in [-0.4, -0.2) is 19.0 Å². The van der Waals surface area contributed by atoms with Crippen LogP contribution in [0.25, 0.3) is 6.08 Å². The van der Waals surface area contributed by atoms with Crippen molar-refractivity contribution in [1.82, 2.24) is 0 Å². The van der Waals surface area contributed by atoms with Crippen molar-refractivity contribution in [3.8, 4) is 0 Å². The van der Waals surface area contributed by atoms with Crippen LogP contribution in [0.15, 0.2) is 46.9 Å². The van der Waals surface area contributed by atoms with Gasteiger partial charge < -0.3 is 14.5 Å². The first kappa shape index (κ1) is 14.6. The molecule has 1 heterocycles. The second-order valence-electron chi connectivity index (χ2n) is 4.30. The maximum Gasteiger partial charge on any atom is 0.341 e. The van der Waals surface area contributed by atoms with Gasteiger partial charge in [0.05, 0.1) is 7.11 Å². The summed E-state index contributed by atoms with van der Waals surface area (Å²) in [5.74, 6) is 0.112. The van der Waals surface area contributed by atoms with Crippen LogP contribution in [-0.2, 0) is 9.53 Å². The average molecular weight is 285 g/mol. The van der Waals surface area contributed by atoms with Gasteiger partial charge in [0, 0.05) is 11.8 Å². The van der Waals surface area contributed by atoms with Crippen LogP contribution in [0.5, 0.6) is 0 Å². The first-order valence-electron chi connectivity index (χ1n) is 6.33. The number of methoxy groups -OCH3 is 1. The standard InChI is InChI=1S/C16H15NO4/c1-11-14(16(19)20-2)10-13(21-11)8-9-15(18)17-12-6-4-3-5-7-12/h3-10H,1-2H3,(H,17,18)/b9-8+. The molecule has 2 rings (SSSR count). The predicted octanol–water partition coefficient (Wildman–Crippen LogP) is 3.03. The number of hydrogen-bond acceptors (Lipinski definition) is 4. The van der Waals surface area contributed by atoms with Crippen molar-refractivity contribution in [3.63, 3.8) is 0 Å². The van der Waals surface area contributed by atoms with Crippen molar-refractivity contribution in [2.24, 2.45) is 0 Å². The third-order valence-electron chi connectivity index (χ3n) is 2.78. The SMILES string of the molecule is COC(=O)c1cc(/C=C/C(=O)Nc2ccccc2)oc1C. The zero-order chi connectivity index (χ0) is 15.2. The van der Waals surface area contributed by atoms with Crippen molar-refractivity contribution in [2.75, 3.05) is 12.4 Å². The van der Waals surface area contributed by atoms with Gasteiger partial charge in [0.2, 0.25) is 5.91 Å². The number of carbonyl (C=O) groups is 2. The molecule has 0 aliphatic heterocycles. The maximum absolute atomic E-state index is 11.7. The van der Waals surface area contributed by atoms with Crippen LogP contribution in [0.3, 0.4) is 0 Å². The lowest BCUT2D eigenvalue weighted by molar-refractivity contribution is -0.111. The molecule has 108 valence electrons. The molecule has 2 aromatic rings. The van der Waals surface area contributed by atoms with Gasteiger partial charge in [-0.15, -0.1) is 0 Å². The van der Waals surface area contributed by atoms with E-state index in [-0.39, 0.29) is 5.91 Å². The monoisotopic (exact) mass is 285 g/mol. The van der Waals surface area contributed by atoms with E-state index < -0.39 is 5.97 Å². The summed E-state index contributed by atoms with van der Waals surface area (Å²) in [7, 11) is 1.30. The number of hydrogen-bond donors (Lipinski definition) is 1. The molecule has 0 atom stereocenters. The Bertz CT molecular complexity index is 671. The minimum Gasteiger partial charge on any atom is -0.465 e. The van der Waals surface area contributed by atoms with Crippen molar-refractivity contribution in [2.45, 2.75) is 6.92 Å². The molecule has 0 spiro atoms. The fourth-order valence-corrected chi connectivity index (χ4v) is 1.76. The number of esters is 1. The zero-order valence-electron chi connectivity index (χ0n) is 11.8. The quantitative estimate of drug-likeness (QED) is 0.692. The van der Waals surface area contributed by atoms with Gasteiger partial charge in [-0.3, -0.25) is 4.79 Å². The van der Waals surface area contributed by atoms with Crippen LogP contribution >= 0.6 is 0 Å². The molecule has 0 bridgehead atoms. The van der Waals surface area contributed by atoms with E-state index in [0.29, 0.717) is 22.8 Å². The lowest BCUT2D eigenvalue weighted by atomic mass is 10.2. The summed E-state index contributed by atoms with van der Waals surface area (Å²) in [6.07, 6.45) is 2.84. The average Bonchev–Trinajstić information content (AvgIpc) is 2.86. The van der Waals surface area contributed by atoms with Crippen molar-refractivity contribution in [1.29, 1.82) is 0 Å². The lowest BCUT2D eigenvalue weighted by Gasteiger charge is -1.99. The van der Waals surface area contributed by atoms with Gasteiger partial charge in [-0.05, 0) is 31.2 Å². The normalized spacial score (nSPS) is 10.6. The molecule has 5 heteroatoms. The summed E-state index contributed by atoms with van der Waals surface area (Å²) < 4.78 is 10.0. The third-order valence-corrected chi connectivity index (χ3v) is 2.78. The van der Waals surface area contributed by atoms with Crippen LogP contribution in [0.2, 0.25) is 0 Å². The molecule has 1 N–H and O–H groups in total. The number of furan rings is 1. The highest BCUT2D eigenvalue weighted by Crippen LogP contribution is 2.17. The van der Waals surface area contributed by atoms with Crippen LogP contribution < -0.4 is 5.32 Å². The molecule has 0 unspecified atom stereocenters. The summed E-state index contributed by atoms with van der Waals surface area (Å²) in [6, 6.07) is 10.6. The van der Waals surface area contributed by atoms with E-state index in [1.807, 2.05) is 18.2 Å². The molecule has 0 saturated heterocycles. The molecule has 0 radical (unpaired) electrons. The van der Waals surface area contributed by atoms with E-state index >= 15 is 0 Å². The third kappa shape index (κ3) is 3.82. The van der Waals surface area contributed by atoms with E-state index in [1.165, 1.54) is 25.3 Å². The Morgan fingerprint density at radius 3 is 2.62 bits per heavy atom. The van der Waals surface area contributed by atoms with Gasteiger partial charge in [0.1, 0.15) is 17.1 Å². The Morgan fingerprint density at radius 1 is 1.24 bits per heavy atom. The number of carbonyl (C=O) groups excluding carboxylic acids is 2.